The number of benzene rings is 2. The summed E-state index contributed by atoms with van der Waals surface area (Å²) < 4.78 is 11.9. The molecule has 1 aliphatic rings. The lowest BCUT2D eigenvalue weighted by molar-refractivity contribution is -0.135. The van der Waals surface area contributed by atoms with Crippen molar-refractivity contribution in [1.82, 2.24) is 10.3 Å². The number of hydrogen-bond donors (Lipinski definition) is 2. The van der Waals surface area contributed by atoms with E-state index in [1.807, 2.05) is 30.3 Å². The van der Waals surface area contributed by atoms with Gasteiger partial charge in [-0.2, -0.15) is 0 Å². The maximum atomic E-state index is 11.9. The van der Waals surface area contributed by atoms with Gasteiger partial charge in [-0.15, -0.1) is 0 Å². The van der Waals surface area contributed by atoms with Gasteiger partial charge in [-0.3, -0.25) is 9.59 Å². The number of carboxylic acid groups (broad SMARTS) is 1. The first-order valence-corrected chi connectivity index (χ1v) is 9.88. The second-order valence-corrected chi connectivity index (χ2v) is 7.49. The van der Waals surface area contributed by atoms with E-state index in [2.05, 4.69) is 22.4 Å². The number of thiazole rings is 1. The number of aryl methyl sites for hydroxylation is 1. The van der Waals surface area contributed by atoms with Gasteiger partial charge in [0.05, 0.1) is 6.20 Å². The van der Waals surface area contributed by atoms with Gasteiger partial charge in [0.1, 0.15) is 29.0 Å². The Bertz CT molecular complexity index is 1030. The fraction of sp³-hybridized carbons (Fsp3) is 0.190. The number of fused-ring (bicyclic) bond motifs is 1. The minimum absolute atomic E-state index is 0.0429. The van der Waals surface area contributed by atoms with Crippen LogP contribution in [0.25, 0.3) is 0 Å². The van der Waals surface area contributed by atoms with Crippen LogP contribution in [0.3, 0.4) is 0 Å². The van der Waals surface area contributed by atoms with Crippen LogP contribution >= 0.6 is 11.3 Å². The first-order chi connectivity index (χ1) is 14.1. The summed E-state index contributed by atoms with van der Waals surface area (Å²) >= 11 is 1.05. The molecule has 3 aromatic rings. The summed E-state index contributed by atoms with van der Waals surface area (Å²) in [6.45, 7) is -0.443. The van der Waals surface area contributed by atoms with Crippen LogP contribution in [0.15, 0.2) is 54.7 Å². The standard InChI is InChI=1S/C21H18N2O5S/c24-19(25)12-22-20(26)18-11-23-21(29-18)27-15-7-9-17-14(10-15)6-8-16(28-17)13-4-2-1-3-5-13/h1-5,7,9-11,16H,6,8,12H2,(H,22,26)(H,24,25)/t16-/m0/s1. The number of ether oxygens (including phenoxy) is 2. The number of carboxylic acids is 1. The molecule has 7 nitrogen and oxygen atoms in total. The summed E-state index contributed by atoms with van der Waals surface area (Å²) in [5.74, 6) is -0.154. The highest BCUT2D eigenvalue weighted by molar-refractivity contribution is 7.15. The van der Waals surface area contributed by atoms with E-state index in [0.29, 0.717) is 10.9 Å². The predicted octanol–water partition coefficient (Wildman–Crippen LogP) is 3.82. The van der Waals surface area contributed by atoms with E-state index < -0.39 is 18.4 Å². The number of nitrogens with one attached hydrogen (secondary N) is 1. The molecular weight excluding hydrogens is 392 g/mol. The van der Waals surface area contributed by atoms with E-state index in [-0.39, 0.29) is 11.0 Å². The highest BCUT2D eigenvalue weighted by Crippen LogP contribution is 2.37. The van der Waals surface area contributed by atoms with E-state index >= 15 is 0 Å². The fourth-order valence-electron chi connectivity index (χ4n) is 3.08. The number of carbonyl (C=O) groups excluding carboxylic acids is 1. The molecule has 0 aliphatic carbocycles. The van der Waals surface area contributed by atoms with Gasteiger partial charge in [0.15, 0.2) is 0 Å². The van der Waals surface area contributed by atoms with E-state index in [1.165, 1.54) is 6.20 Å². The van der Waals surface area contributed by atoms with Crippen LogP contribution in [0.1, 0.15) is 33.3 Å². The van der Waals surface area contributed by atoms with Crippen molar-refractivity contribution in [2.24, 2.45) is 0 Å². The molecule has 2 N–H and O–H groups in total. The van der Waals surface area contributed by atoms with Crippen molar-refractivity contribution < 1.29 is 24.2 Å². The second kappa shape index (κ2) is 8.32. The molecule has 0 saturated heterocycles. The van der Waals surface area contributed by atoms with Gasteiger partial charge in [0.25, 0.3) is 11.1 Å². The number of rotatable bonds is 6. The molecule has 1 aliphatic heterocycles. The number of carbonyl (C=O) groups is 2. The van der Waals surface area contributed by atoms with Crippen LogP contribution in [-0.2, 0) is 11.2 Å². The molecule has 0 saturated carbocycles. The maximum Gasteiger partial charge on any atom is 0.322 e. The van der Waals surface area contributed by atoms with E-state index in [1.54, 1.807) is 6.07 Å². The highest BCUT2D eigenvalue weighted by atomic mass is 32.1. The second-order valence-electron chi connectivity index (χ2n) is 6.49. The lowest BCUT2D eigenvalue weighted by Gasteiger charge is -2.26. The number of nitrogens with zero attached hydrogens (tertiary/aromatic N) is 1. The van der Waals surface area contributed by atoms with Crippen molar-refractivity contribution >= 4 is 23.2 Å². The van der Waals surface area contributed by atoms with Crippen molar-refractivity contribution in [1.29, 1.82) is 0 Å². The topological polar surface area (TPSA) is 97.8 Å². The highest BCUT2D eigenvalue weighted by Gasteiger charge is 2.22. The van der Waals surface area contributed by atoms with Gasteiger partial charge in [-0.1, -0.05) is 41.7 Å². The molecule has 1 aromatic heterocycles. The van der Waals surface area contributed by atoms with E-state index in [9.17, 15) is 9.59 Å². The summed E-state index contributed by atoms with van der Waals surface area (Å²) in [5.41, 5.74) is 2.22. The third kappa shape index (κ3) is 4.55. The Hall–Kier alpha value is -3.39. The molecule has 2 heterocycles. The van der Waals surface area contributed by atoms with Gasteiger partial charge in [-0.05, 0) is 42.2 Å². The quantitative estimate of drug-likeness (QED) is 0.641. The Morgan fingerprint density at radius 1 is 1.24 bits per heavy atom. The van der Waals surface area contributed by atoms with E-state index in [0.717, 1.165) is 41.1 Å². The van der Waals surface area contributed by atoms with Crippen molar-refractivity contribution in [2.75, 3.05) is 6.54 Å². The summed E-state index contributed by atoms with van der Waals surface area (Å²) in [4.78, 5) is 26.8. The average molecular weight is 410 g/mol. The molecular formula is C21H18N2O5S. The van der Waals surface area contributed by atoms with Crippen molar-refractivity contribution in [3.8, 4) is 16.7 Å². The van der Waals surface area contributed by atoms with Crippen LogP contribution in [0.4, 0.5) is 0 Å². The molecule has 1 atom stereocenters. The minimum Gasteiger partial charge on any atom is -0.485 e. The average Bonchev–Trinajstić information content (AvgIpc) is 3.21. The zero-order chi connectivity index (χ0) is 20.2. The SMILES string of the molecule is O=C(O)CNC(=O)c1cnc(Oc2ccc3c(c2)CC[C@@H](c2ccccc2)O3)s1. The van der Waals surface area contributed by atoms with Gasteiger partial charge in [0, 0.05) is 0 Å². The normalized spacial score (nSPS) is 15.1. The molecule has 29 heavy (non-hydrogen) atoms. The molecule has 0 radical (unpaired) electrons. The first-order valence-electron chi connectivity index (χ1n) is 9.06. The molecule has 0 bridgehead atoms. The monoisotopic (exact) mass is 410 g/mol. The lowest BCUT2D eigenvalue weighted by Crippen LogP contribution is -2.28. The Balaban J connectivity index is 1.42. The number of hydrogen-bond acceptors (Lipinski definition) is 6. The Morgan fingerprint density at radius 2 is 2.07 bits per heavy atom. The number of aliphatic carboxylic acids is 1. The predicted molar refractivity (Wildman–Crippen MR) is 107 cm³/mol. The third-order valence-corrected chi connectivity index (χ3v) is 5.34. The van der Waals surface area contributed by atoms with Crippen molar-refractivity contribution in [3.05, 3.63) is 70.7 Å². The van der Waals surface area contributed by atoms with Crippen molar-refractivity contribution in [2.45, 2.75) is 18.9 Å². The molecule has 8 heteroatoms. The van der Waals surface area contributed by atoms with Gasteiger partial charge < -0.3 is 19.9 Å². The summed E-state index contributed by atoms with van der Waals surface area (Å²) in [5, 5.41) is 11.2. The van der Waals surface area contributed by atoms with Crippen molar-refractivity contribution in [3.63, 3.8) is 0 Å². The number of amides is 1. The first kappa shape index (κ1) is 18.9. The summed E-state index contributed by atoms with van der Waals surface area (Å²) in [7, 11) is 0. The van der Waals surface area contributed by atoms with Crippen LogP contribution in [-0.4, -0.2) is 28.5 Å². The third-order valence-electron chi connectivity index (χ3n) is 4.46. The minimum atomic E-state index is -1.11. The molecule has 0 unspecified atom stereocenters. The summed E-state index contributed by atoms with van der Waals surface area (Å²) in [6, 6.07) is 15.8. The van der Waals surface area contributed by atoms with Crippen LogP contribution in [0, 0.1) is 0 Å². The maximum absolute atomic E-state index is 11.9. The summed E-state index contributed by atoms with van der Waals surface area (Å²) in [6.07, 6.45) is 3.16. The Morgan fingerprint density at radius 3 is 2.86 bits per heavy atom. The van der Waals surface area contributed by atoms with Crippen LogP contribution < -0.4 is 14.8 Å². The molecule has 2 aromatic carbocycles. The van der Waals surface area contributed by atoms with Crippen LogP contribution in [0.2, 0.25) is 0 Å². The lowest BCUT2D eigenvalue weighted by atomic mass is 9.97. The molecule has 0 fully saturated rings. The van der Waals surface area contributed by atoms with E-state index in [4.69, 9.17) is 14.6 Å². The van der Waals surface area contributed by atoms with Crippen LogP contribution in [0.5, 0.6) is 16.7 Å². The molecule has 1 amide bonds. The van der Waals surface area contributed by atoms with Gasteiger partial charge in [0.2, 0.25) is 0 Å². The van der Waals surface area contributed by atoms with Gasteiger partial charge >= 0.3 is 5.97 Å². The van der Waals surface area contributed by atoms with Gasteiger partial charge in [-0.25, -0.2) is 4.98 Å². The fourth-order valence-corrected chi connectivity index (χ4v) is 3.79. The molecule has 148 valence electrons. The Labute approximate surface area is 170 Å². The largest absolute Gasteiger partial charge is 0.485 e. The Kier molecular flexibility index (Phi) is 5.44. The molecule has 0 spiro atoms. The zero-order valence-corrected chi connectivity index (χ0v) is 16.1. The number of aromatic nitrogens is 1. The molecule has 4 rings (SSSR count). The zero-order valence-electron chi connectivity index (χ0n) is 15.3. The smallest absolute Gasteiger partial charge is 0.322 e.